The van der Waals surface area contributed by atoms with E-state index in [9.17, 15) is 9.90 Å². The molecule has 2 N–H and O–H groups in total. The van der Waals surface area contributed by atoms with Crippen molar-refractivity contribution in [3.05, 3.63) is 69.7 Å². The summed E-state index contributed by atoms with van der Waals surface area (Å²) in [4.78, 5) is 11.5. The highest BCUT2D eigenvalue weighted by Crippen LogP contribution is 2.20. The van der Waals surface area contributed by atoms with E-state index in [1.165, 1.54) is 7.11 Å². The van der Waals surface area contributed by atoms with E-state index in [4.69, 9.17) is 4.74 Å². The second-order valence-electron chi connectivity index (χ2n) is 4.82. The van der Waals surface area contributed by atoms with Crippen molar-refractivity contribution in [2.45, 2.75) is 12.6 Å². The molecule has 124 valence electrons. The van der Waals surface area contributed by atoms with Gasteiger partial charge in [-0.2, -0.15) is 13.5 Å². The van der Waals surface area contributed by atoms with Gasteiger partial charge in [-0.05, 0) is 23.3 Å². The Morgan fingerprint density at radius 3 is 2.52 bits per heavy atom. The predicted molar refractivity (Wildman–Crippen MR) is 99.0 cm³/mol. The molecule has 0 spiro atoms. The molecule has 0 amide bonds. The standard InChI is InChI=1S/C17H18BrNO3.H2S/c1-22-17(21)13-7-8-14(15(18)9-13)10-19-16(11-20)12-5-3-2-4-6-12;/h2-9,16,19-20H,10-11H2,1H3;1H2/t16-;/m1./s1. The number of hydrogen-bond donors (Lipinski definition) is 2. The lowest BCUT2D eigenvalue weighted by atomic mass is 10.1. The van der Waals surface area contributed by atoms with Crippen LogP contribution in [0.1, 0.15) is 27.5 Å². The Balaban J connectivity index is 0.00000264. The molecule has 0 unspecified atom stereocenters. The number of hydrogen-bond acceptors (Lipinski definition) is 4. The molecule has 0 saturated carbocycles. The maximum Gasteiger partial charge on any atom is 0.337 e. The average Bonchev–Trinajstić information content (AvgIpc) is 2.56. The normalized spacial score (nSPS) is 11.4. The minimum absolute atomic E-state index is 0. The number of rotatable bonds is 6. The fourth-order valence-corrected chi connectivity index (χ4v) is 2.66. The number of nitrogens with one attached hydrogen (secondary N) is 1. The Bertz CT molecular complexity index is 637. The van der Waals surface area contributed by atoms with Crippen LogP contribution in [0.3, 0.4) is 0 Å². The molecule has 2 rings (SSSR count). The quantitative estimate of drug-likeness (QED) is 0.734. The third-order valence-electron chi connectivity index (χ3n) is 3.40. The third kappa shape index (κ3) is 5.35. The summed E-state index contributed by atoms with van der Waals surface area (Å²) in [5.41, 5.74) is 2.54. The Morgan fingerprint density at radius 2 is 1.96 bits per heavy atom. The Kier molecular flexibility index (Phi) is 8.33. The second-order valence-corrected chi connectivity index (χ2v) is 5.68. The largest absolute Gasteiger partial charge is 0.465 e. The van der Waals surface area contributed by atoms with Crippen molar-refractivity contribution in [2.75, 3.05) is 13.7 Å². The first-order valence-electron chi connectivity index (χ1n) is 6.91. The van der Waals surface area contributed by atoms with Crippen molar-refractivity contribution in [1.29, 1.82) is 0 Å². The summed E-state index contributed by atoms with van der Waals surface area (Å²) < 4.78 is 5.52. The molecule has 0 aromatic heterocycles. The third-order valence-corrected chi connectivity index (χ3v) is 4.14. The minimum Gasteiger partial charge on any atom is -0.465 e. The average molecular weight is 398 g/mol. The first-order valence-corrected chi connectivity index (χ1v) is 7.71. The van der Waals surface area contributed by atoms with Gasteiger partial charge < -0.3 is 15.2 Å². The molecular formula is C17H20BrNO3S. The number of esters is 1. The lowest BCUT2D eigenvalue weighted by Gasteiger charge is -2.17. The van der Waals surface area contributed by atoms with E-state index in [0.29, 0.717) is 12.1 Å². The van der Waals surface area contributed by atoms with Crippen LogP contribution in [0, 0.1) is 0 Å². The van der Waals surface area contributed by atoms with Crippen LogP contribution in [0.4, 0.5) is 0 Å². The van der Waals surface area contributed by atoms with Gasteiger partial charge in [-0.3, -0.25) is 0 Å². The van der Waals surface area contributed by atoms with Crippen LogP contribution >= 0.6 is 29.4 Å². The van der Waals surface area contributed by atoms with E-state index < -0.39 is 0 Å². The van der Waals surface area contributed by atoms with Crippen LogP contribution < -0.4 is 5.32 Å². The first kappa shape index (κ1) is 19.7. The van der Waals surface area contributed by atoms with Crippen LogP contribution in [0.25, 0.3) is 0 Å². The molecule has 23 heavy (non-hydrogen) atoms. The Hall–Kier alpha value is -1.34. The number of benzene rings is 2. The van der Waals surface area contributed by atoms with Gasteiger partial charge in [0.2, 0.25) is 0 Å². The molecule has 0 bridgehead atoms. The molecule has 0 aliphatic heterocycles. The Morgan fingerprint density at radius 1 is 1.26 bits per heavy atom. The first-order chi connectivity index (χ1) is 10.7. The number of aliphatic hydroxyl groups is 1. The monoisotopic (exact) mass is 397 g/mol. The van der Waals surface area contributed by atoms with Gasteiger partial charge in [0.25, 0.3) is 0 Å². The van der Waals surface area contributed by atoms with Crippen LogP contribution in [-0.2, 0) is 11.3 Å². The molecule has 0 saturated heterocycles. The van der Waals surface area contributed by atoms with Gasteiger partial charge in [-0.15, -0.1) is 0 Å². The predicted octanol–water partition coefficient (Wildman–Crippen LogP) is 3.17. The van der Waals surface area contributed by atoms with Crippen LogP contribution in [0.2, 0.25) is 0 Å². The molecule has 0 radical (unpaired) electrons. The maximum absolute atomic E-state index is 11.5. The number of carbonyl (C=O) groups excluding carboxylic acids is 1. The lowest BCUT2D eigenvalue weighted by molar-refractivity contribution is 0.0600. The van der Waals surface area contributed by atoms with Crippen LogP contribution in [0.15, 0.2) is 53.0 Å². The van der Waals surface area contributed by atoms with Gasteiger partial charge in [-0.25, -0.2) is 4.79 Å². The van der Waals surface area contributed by atoms with Crippen molar-refractivity contribution >= 4 is 35.4 Å². The molecular weight excluding hydrogens is 378 g/mol. The smallest absolute Gasteiger partial charge is 0.337 e. The van der Waals surface area contributed by atoms with Crippen LogP contribution in [-0.4, -0.2) is 24.8 Å². The van der Waals surface area contributed by atoms with E-state index in [-0.39, 0.29) is 32.1 Å². The highest BCUT2D eigenvalue weighted by molar-refractivity contribution is 9.10. The van der Waals surface area contributed by atoms with Crippen molar-refractivity contribution in [1.82, 2.24) is 5.32 Å². The molecule has 0 heterocycles. The second kappa shape index (κ2) is 9.72. The zero-order valence-corrected chi connectivity index (χ0v) is 15.3. The Labute approximate surface area is 151 Å². The molecule has 0 aliphatic carbocycles. The summed E-state index contributed by atoms with van der Waals surface area (Å²) in [5.74, 6) is -0.363. The highest BCUT2D eigenvalue weighted by atomic mass is 79.9. The summed E-state index contributed by atoms with van der Waals surface area (Å²) in [6.07, 6.45) is 0. The van der Waals surface area contributed by atoms with Gasteiger partial charge in [-0.1, -0.05) is 52.3 Å². The van der Waals surface area contributed by atoms with Crippen molar-refractivity contribution < 1.29 is 14.6 Å². The molecule has 2 aromatic carbocycles. The fraction of sp³-hybridized carbons (Fsp3) is 0.235. The zero-order chi connectivity index (χ0) is 15.9. The summed E-state index contributed by atoms with van der Waals surface area (Å²) in [7, 11) is 1.36. The number of methoxy groups -OCH3 is 1. The van der Waals surface area contributed by atoms with Gasteiger partial charge in [0.05, 0.1) is 25.3 Å². The van der Waals surface area contributed by atoms with E-state index in [1.54, 1.807) is 12.1 Å². The number of carbonyl (C=O) groups is 1. The van der Waals surface area contributed by atoms with Gasteiger partial charge in [0.1, 0.15) is 0 Å². The summed E-state index contributed by atoms with van der Waals surface area (Å²) in [6.45, 7) is 0.587. The number of aliphatic hydroxyl groups excluding tert-OH is 1. The molecule has 2 aromatic rings. The van der Waals surface area contributed by atoms with Crippen LogP contribution in [0.5, 0.6) is 0 Å². The number of ether oxygens (including phenoxy) is 1. The molecule has 0 fully saturated rings. The summed E-state index contributed by atoms with van der Waals surface area (Å²) in [5, 5.41) is 12.8. The van der Waals surface area contributed by atoms with Gasteiger partial charge in [0, 0.05) is 11.0 Å². The highest BCUT2D eigenvalue weighted by Gasteiger charge is 2.12. The van der Waals surface area contributed by atoms with E-state index in [2.05, 4.69) is 21.2 Å². The van der Waals surface area contributed by atoms with Gasteiger partial charge >= 0.3 is 5.97 Å². The molecule has 6 heteroatoms. The topological polar surface area (TPSA) is 58.6 Å². The summed E-state index contributed by atoms with van der Waals surface area (Å²) >= 11 is 3.46. The summed E-state index contributed by atoms with van der Waals surface area (Å²) in [6, 6.07) is 15.0. The van der Waals surface area contributed by atoms with E-state index in [1.807, 2.05) is 36.4 Å². The van der Waals surface area contributed by atoms with Gasteiger partial charge in [0.15, 0.2) is 0 Å². The zero-order valence-electron chi connectivity index (χ0n) is 12.8. The molecule has 1 atom stereocenters. The number of halogens is 1. The van der Waals surface area contributed by atoms with E-state index in [0.717, 1.165) is 15.6 Å². The molecule has 0 aliphatic rings. The van der Waals surface area contributed by atoms with Crippen molar-refractivity contribution in [2.24, 2.45) is 0 Å². The van der Waals surface area contributed by atoms with Crippen molar-refractivity contribution in [3.63, 3.8) is 0 Å². The SMILES string of the molecule is COC(=O)c1ccc(CN[C@H](CO)c2ccccc2)c(Br)c1.S. The maximum atomic E-state index is 11.5. The minimum atomic E-state index is -0.363. The van der Waals surface area contributed by atoms with E-state index >= 15 is 0 Å². The molecule has 4 nitrogen and oxygen atoms in total. The van der Waals surface area contributed by atoms with Crippen molar-refractivity contribution in [3.8, 4) is 0 Å². The fourth-order valence-electron chi connectivity index (χ4n) is 2.14. The lowest BCUT2D eigenvalue weighted by Crippen LogP contribution is -2.24.